The summed E-state index contributed by atoms with van der Waals surface area (Å²) in [5.41, 5.74) is 6.82. The van der Waals surface area contributed by atoms with E-state index >= 15 is 0 Å². The molecule has 86 valence electrons. The van der Waals surface area contributed by atoms with E-state index in [2.05, 4.69) is 44.3 Å². The van der Waals surface area contributed by atoms with Gasteiger partial charge in [-0.3, -0.25) is 4.99 Å². The van der Waals surface area contributed by atoms with Crippen LogP contribution in [0, 0.1) is 0 Å². The molecule has 1 heterocycles. The Hall–Kier alpha value is -1.28. The Morgan fingerprint density at radius 1 is 1.18 bits per heavy atom. The quantitative estimate of drug-likeness (QED) is 0.622. The summed E-state index contributed by atoms with van der Waals surface area (Å²) in [4.78, 5) is 4.74. The van der Waals surface area contributed by atoms with Gasteiger partial charge in [0.05, 0.1) is 5.70 Å². The summed E-state index contributed by atoms with van der Waals surface area (Å²) in [6.07, 6.45) is 11.2. The molecule has 3 rings (SSSR count). The van der Waals surface area contributed by atoms with Gasteiger partial charge in [-0.1, -0.05) is 42.6 Å². The van der Waals surface area contributed by atoms with E-state index in [1.807, 2.05) is 0 Å². The summed E-state index contributed by atoms with van der Waals surface area (Å²) in [6, 6.07) is 0. The Balaban J connectivity index is 2.18. The van der Waals surface area contributed by atoms with E-state index < -0.39 is 0 Å². The molecule has 1 nitrogen and oxygen atoms in total. The Morgan fingerprint density at radius 3 is 2.65 bits per heavy atom. The molecule has 0 fully saturated rings. The second-order valence-corrected chi connectivity index (χ2v) is 7.65. The average molecular weight is 239 g/mol. The molecule has 0 radical (unpaired) electrons. The normalized spacial score (nSPS) is 21.8. The molecule has 0 saturated heterocycles. The molecule has 0 amide bonds. The first-order chi connectivity index (χ1) is 8.18. The molecule has 0 atom stereocenters. The number of hydrogen-bond acceptors (Lipinski definition) is 1. The fourth-order valence-electron chi connectivity index (χ4n) is 2.84. The van der Waals surface area contributed by atoms with Crippen LogP contribution in [0.5, 0.6) is 0 Å². The van der Waals surface area contributed by atoms with Crippen LogP contribution in [0.2, 0.25) is 13.1 Å². The Bertz CT molecular complexity index is 576. The zero-order valence-electron chi connectivity index (χ0n) is 10.7. The molecule has 17 heavy (non-hydrogen) atoms. The maximum absolute atomic E-state index is 4.74. The van der Waals surface area contributed by atoms with Gasteiger partial charge in [0.2, 0.25) is 0 Å². The average Bonchev–Trinajstić information content (AvgIpc) is 2.91. The van der Waals surface area contributed by atoms with Crippen LogP contribution in [0.3, 0.4) is 0 Å². The third-order valence-corrected chi connectivity index (χ3v) is 5.31. The van der Waals surface area contributed by atoms with Crippen LogP contribution >= 0.6 is 0 Å². The minimum atomic E-state index is -0.364. The lowest BCUT2D eigenvalue weighted by molar-refractivity contribution is 1.30. The van der Waals surface area contributed by atoms with E-state index in [1.165, 1.54) is 28.1 Å². The summed E-state index contributed by atoms with van der Waals surface area (Å²) >= 11 is 0. The van der Waals surface area contributed by atoms with E-state index in [0.29, 0.717) is 0 Å². The Morgan fingerprint density at radius 2 is 2.00 bits per heavy atom. The molecule has 0 saturated carbocycles. The zero-order chi connectivity index (χ0) is 12.0. The van der Waals surface area contributed by atoms with Crippen LogP contribution in [0.25, 0.3) is 0 Å². The summed E-state index contributed by atoms with van der Waals surface area (Å²) in [6.45, 7) is 6.92. The molecule has 0 aromatic rings. The molecular weight excluding hydrogens is 222 g/mol. The van der Waals surface area contributed by atoms with Gasteiger partial charge in [0.25, 0.3) is 0 Å². The van der Waals surface area contributed by atoms with Crippen LogP contribution in [0.15, 0.2) is 51.7 Å². The topological polar surface area (TPSA) is 12.4 Å². The lowest BCUT2D eigenvalue weighted by atomic mass is 9.96. The maximum atomic E-state index is 4.74. The van der Waals surface area contributed by atoms with Gasteiger partial charge >= 0.3 is 0 Å². The number of nitrogens with zero attached hydrogens (tertiary/aromatic N) is 1. The van der Waals surface area contributed by atoms with Crippen molar-refractivity contribution in [3.8, 4) is 0 Å². The first-order valence-corrected chi connectivity index (χ1v) is 8.71. The van der Waals surface area contributed by atoms with Crippen molar-refractivity contribution in [3.05, 3.63) is 46.7 Å². The van der Waals surface area contributed by atoms with Gasteiger partial charge in [-0.2, -0.15) is 0 Å². The Kier molecular flexibility index (Phi) is 2.47. The van der Waals surface area contributed by atoms with E-state index in [-0.39, 0.29) is 8.41 Å². The molecule has 1 aliphatic heterocycles. The van der Waals surface area contributed by atoms with Crippen molar-refractivity contribution in [2.45, 2.75) is 32.9 Å². The predicted molar refractivity (Wildman–Crippen MR) is 77.2 cm³/mol. The van der Waals surface area contributed by atoms with E-state index in [4.69, 9.17) is 4.99 Å². The molecule has 0 aromatic heterocycles. The summed E-state index contributed by atoms with van der Waals surface area (Å²) in [5.74, 6) is 0. The molecule has 0 spiro atoms. The third-order valence-electron chi connectivity index (χ3n) is 3.65. The first-order valence-electron chi connectivity index (χ1n) is 6.21. The van der Waals surface area contributed by atoms with Crippen LogP contribution in [0.4, 0.5) is 0 Å². The molecule has 3 aliphatic rings. The van der Waals surface area contributed by atoms with Crippen molar-refractivity contribution in [1.82, 2.24) is 0 Å². The van der Waals surface area contributed by atoms with Crippen LogP contribution in [-0.4, -0.2) is 19.3 Å². The fraction of sp³-hybridized carbons (Fsp3) is 0.333. The lowest BCUT2D eigenvalue weighted by Gasteiger charge is -2.10. The number of hydrogen-bond donors (Lipinski definition) is 0. The van der Waals surface area contributed by atoms with Gasteiger partial charge in [-0.25, -0.2) is 0 Å². The maximum Gasteiger partial charge on any atom is 0.0674 e. The minimum Gasteiger partial charge on any atom is -0.253 e. The minimum absolute atomic E-state index is 0.364. The van der Waals surface area contributed by atoms with Crippen LogP contribution in [-0.2, 0) is 0 Å². The van der Waals surface area contributed by atoms with Crippen molar-refractivity contribution >= 4 is 19.3 Å². The molecule has 0 bridgehead atoms. The third kappa shape index (κ3) is 1.59. The smallest absolute Gasteiger partial charge is 0.0674 e. The Labute approximate surface area is 104 Å². The number of allylic oxidation sites excluding steroid dienone is 7. The van der Waals surface area contributed by atoms with Crippen LogP contribution in [0.1, 0.15) is 19.8 Å². The van der Waals surface area contributed by atoms with E-state index in [1.54, 1.807) is 5.17 Å². The van der Waals surface area contributed by atoms with Gasteiger partial charge in [-0.15, -0.1) is 0 Å². The van der Waals surface area contributed by atoms with Crippen molar-refractivity contribution in [3.63, 3.8) is 0 Å². The molecule has 0 unspecified atom stereocenters. The number of rotatable bonds is 1. The van der Waals surface area contributed by atoms with Gasteiger partial charge in [0.15, 0.2) is 0 Å². The SMILES string of the molecule is CC1=NC2=CCC(=[Si](C)C)C2=C1C1=CC=CC1. The summed E-state index contributed by atoms with van der Waals surface area (Å²) in [5, 5.41) is 1.66. The lowest BCUT2D eigenvalue weighted by Crippen LogP contribution is -2.11. The second-order valence-electron chi connectivity index (χ2n) is 5.04. The monoisotopic (exact) mass is 239 g/mol. The number of fused-ring (bicyclic) bond motifs is 1. The first kappa shape index (κ1) is 10.8. The van der Waals surface area contributed by atoms with Gasteiger partial charge in [-0.05, 0) is 25.3 Å². The van der Waals surface area contributed by atoms with Crippen LogP contribution < -0.4 is 0 Å². The standard InChI is InChI=1S/C15H17NSi/c1-10-14(11-6-4-5-7-11)15-12(16-10)8-9-13(15)17(2)3/h4-6,8H,7,9H2,1-3H3. The van der Waals surface area contributed by atoms with E-state index in [9.17, 15) is 0 Å². The highest BCUT2D eigenvalue weighted by Gasteiger charge is 2.29. The summed E-state index contributed by atoms with van der Waals surface area (Å²) in [7, 11) is -0.364. The van der Waals surface area contributed by atoms with Crippen molar-refractivity contribution in [2.24, 2.45) is 4.99 Å². The molecule has 2 heteroatoms. The molecule has 0 N–H and O–H groups in total. The van der Waals surface area contributed by atoms with Crippen molar-refractivity contribution in [2.75, 3.05) is 0 Å². The highest BCUT2D eigenvalue weighted by Crippen LogP contribution is 2.38. The predicted octanol–water partition coefficient (Wildman–Crippen LogP) is 3.44. The highest BCUT2D eigenvalue weighted by molar-refractivity contribution is 6.73. The van der Waals surface area contributed by atoms with Gasteiger partial charge in [0.1, 0.15) is 0 Å². The van der Waals surface area contributed by atoms with Gasteiger partial charge < -0.3 is 0 Å². The van der Waals surface area contributed by atoms with Crippen molar-refractivity contribution < 1.29 is 0 Å². The zero-order valence-corrected chi connectivity index (χ0v) is 11.7. The van der Waals surface area contributed by atoms with Gasteiger partial charge in [0, 0.05) is 25.3 Å². The number of aliphatic imine (C=N–C) groups is 1. The van der Waals surface area contributed by atoms with Crippen molar-refractivity contribution in [1.29, 1.82) is 0 Å². The summed E-state index contributed by atoms with van der Waals surface area (Å²) < 4.78 is 0. The largest absolute Gasteiger partial charge is 0.253 e. The van der Waals surface area contributed by atoms with E-state index in [0.717, 1.165) is 12.8 Å². The molecular formula is C15H17NSi. The highest BCUT2D eigenvalue weighted by atomic mass is 28.2. The molecule has 0 aromatic carbocycles. The molecule has 2 aliphatic carbocycles. The fourth-order valence-corrected chi connectivity index (χ4v) is 4.10. The second kappa shape index (κ2) is 3.88.